The number of hydrogen-bond acceptors (Lipinski definition) is 3. The lowest BCUT2D eigenvalue weighted by Crippen LogP contribution is -2.03. The van der Waals surface area contributed by atoms with Gasteiger partial charge in [0.25, 0.3) is 0 Å². The van der Waals surface area contributed by atoms with Crippen molar-refractivity contribution in [2.24, 2.45) is 0 Å². The smallest absolute Gasteiger partial charge is 0.235 e. The second kappa shape index (κ2) is 8.76. The van der Waals surface area contributed by atoms with E-state index in [1.165, 1.54) is 21.5 Å². The summed E-state index contributed by atoms with van der Waals surface area (Å²) in [7, 11) is 0. The number of benzene rings is 7. The molecule has 0 saturated carbocycles. The minimum absolute atomic E-state index is 0.654. The molecule has 0 aliphatic rings. The van der Waals surface area contributed by atoms with Crippen molar-refractivity contribution in [1.82, 2.24) is 14.5 Å². The summed E-state index contributed by atoms with van der Waals surface area (Å²) in [6.07, 6.45) is 0. The van der Waals surface area contributed by atoms with Crippen LogP contribution < -0.4 is 0 Å². The summed E-state index contributed by atoms with van der Waals surface area (Å²) in [6.45, 7) is 0. The van der Waals surface area contributed by atoms with E-state index in [1.807, 2.05) is 18.2 Å². The molecule has 4 heteroatoms. The minimum Gasteiger partial charge on any atom is -0.456 e. The third-order valence-corrected chi connectivity index (χ3v) is 8.97. The molecule has 3 heterocycles. The molecule has 0 unspecified atom stereocenters. The lowest BCUT2D eigenvalue weighted by Gasteiger charge is -2.14. The molecule has 0 amide bonds. The molecule has 0 aliphatic carbocycles. The summed E-state index contributed by atoms with van der Waals surface area (Å²) >= 11 is 0. The molecule has 0 N–H and O–H groups in total. The van der Waals surface area contributed by atoms with Gasteiger partial charge in [0, 0.05) is 37.9 Å². The Kier molecular flexibility index (Phi) is 4.69. The molecule has 0 radical (unpaired) electrons. The van der Waals surface area contributed by atoms with Gasteiger partial charge >= 0.3 is 0 Å². The lowest BCUT2D eigenvalue weighted by molar-refractivity contribution is 0.669. The molecule has 10 rings (SSSR count). The summed E-state index contributed by atoms with van der Waals surface area (Å²) in [5.41, 5.74) is 6.80. The maximum atomic E-state index is 6.32. The quantitative estimate of drug-likeness (QED) is 0.211. The third-order valence-electron chi connectivity index (χ3n) is 8.97. The third kappa shape index (κ3) is 3.22. The summed E-state index contributed by atoms with van der Waals surface area (Å²) in [4.78, 5) is 10.6. The largest absolute Gasteiger partial charge is 0.456 e. The zero-order valence-electron chi connectivity index (χ0n) is 23.5. The molecular formula is C40H23N3O. The molecule has 0 bridgehead atoms. The van der Waals surface area contributed by atoms with Gasteiger partial charge in [-0.1, -0.05) is 103 Å². The van der Waals surface area contributed by atoms with Gasteiger partial charge in [0.05, 0.1) is 22.2 Å². The van der Waals surface area contributed by atoms with Gasteiger partial charge in [-0.25, -0.2) is 9.97 Å². The van der Waals surface area contributed by atoms with Crippen molar-refractivity contribution in [3.05, 3.63) is 140 Å². The van der Waals surface area contributed by atoms with E-state index in [2.05, 4.69) is 126 Å². The monoisotopic (exact) mass is 561 g/mol. The van der Waals surface area contributed by atoms with Crippen LogP contribution in [0.4, 0.5) is 0 Å². The summed E-state index contributed by atoms with van der Waals surface area (Å²) in [5.74, 6) is 0.654. The fourth-order valence-electron chi connectivity index (χ4n) is 7.03. The van der Waals surface area contributed by atoms with Crippen LogP contribution in [-0.2, 0) is 0 Å². The van der Waals surface area contributed by atoms with Crippen molar-refractivity contribution >= 4 is 76.2 Å². The Bertz CT molecular complexity index is 2790. The fourth-order valence-corrected chi connectivity index (χ4v) is 7.03. The van der Waals surface area contributed by atoms with Crippen LogP contribution in [0.25, 0.3) is 93.4 Å². The van der Waals surface area contributed by atoms with E-state index in [0.29, 0.717) is 5.95 Å². The number of hydrogen-bond donors (Lipinski definition) is 0. The van der Waals surface area contributed by atoms with Gasteiger partial charge < -0.3 is 4.42 Å². The Morgan fingerprint density at radius 3 is 2.09 bits per heavy atom. The molecule has 204 valence electrons. The number of rotatable bonds is 2. The number of fused-ring (bicyclic) bond motifs is 10. The molecule has 0 fully saturated rings. The van der Waals surface area contributed by atoms with Crippen molar-refractivity contribution in [2.75, 3.05) is 0 Å². The molecule has 0 aliphatic heterocycles. The Morgan fingerprint density at radius 2 is 1.18 bits per heavy atom. The van der Waals surface area contributed by atoms with Gasteiger partial charge in [-0.2, -0.15) is 0 Å². The minimum atomic E-state index is 0.654. The maximum absolute atomic E-state index is 6.32. The predicted molar refractivity (Wildman–Crippen MR) is 182 cm³/mol. The van der Waals surface area contributed by atoms with Crippen LogP contribution in [-0.4, -0.2) is 14.5 Å². The van der Waals surface area contributed by atoms with E-state index in [1.54, 1.807) is 0 Å². The molecule has 0 atom stereocenters. The van der Waals surface area contributed by atoms with Crippen molar-refractivity contribution in [1.29, 1.82) is 0 Å². The first-order valence-corrected chi connectivity index (χ1v) is 14.8. The average Bonchev–Trinajstić information content (AvgIpc) is 3.62. The van der Waals surface area contributed by atoms with Crippen LogP contribution in [0, 0.1) is 0 Å². The Labute approximate surface area is 251 Å². The van der Waals surface area contributed by atoms with Gasteiger partial charge in [0.1, 0.15) is 11.2 Å². The standard InChI is InChI=1S/C40H23N3O/c1-2-11-26-23-34-31(22-25(26)10-1)27-13-4-7-18-33(27)43(34)40-41-32-17-6-3-14-28(32)39(42-40)30-16-9-12-24-20-21-36-38(37(24)30)29-15-5-8-19-35(29)44-36/h1-23H. The van der Waals surface area contributed by atoms with Gasteiger partial charge in [-0.05, 0) is 52.6 Å². The maximum Gasteiger partial charge on any atom is 0.235 e. The predicted octanol–water partition coefficient (Wildman–Crippen LogP) is 10.6. The first-order valence-electron chi connectivity index (χ1n) is 14.8. The molecule has 44 heavy (non-hydrogen) atoms. The lowest BCUT2D eigenvalue weighted by atomic mass is 9.95. The van der Waals surface area contributed by atoms with E-state index in [-0.39, 0.29) is 0 Å². The Hall–Kier alpha value is -6.00. The summed E-state index contributed by atoms with van der Waals surface area (Å²) < 4.78 is 8.54. The summed E-state index contributed by atoms with van der Waals surface area (Å²) in [5, 5.41) is 10.3. The van der Waals surface area contributed by atoms with E-state index < -0.39 is 0 Å². The second-order valence-electron chi connectivity index (χ2n) is 11.4. The number of para-hydroxylation sites is 3. The average molecular weight is 562 g/mol. The molecule has 0 saturated heterocycles. The molecule has 0 spiro atoms. The highest BCUT2D eigenvalue weighted by Crippen LogP contribution is 2.41. The highest BCUT2D eigenvalue weighted by atomic mass is 16.3. The van der Waals surface area contributed by atoms with Crippen LogP contribution >= 0.6 is 0 Å². The van der Waals surface area contributed by atoms with Crippen molar-refractivity contribution < 1.29 is 4.42 Å². The Morgan fingerprint density at radius 1 is 0.455 bits per heavy atom. The van der Waals surface area contributed by atoms with Crippen molar-refractivity contribution in [3.8, 4) is 17.2 Å². The van der Waals surface area contributed by atoms with E-state index in [0.717, 1.165) is 65.9 Å². The normalized spacial score (nSPS) is 12.1. The van der Waals surface area contributed by atoms with Crippen LogP contribution in [0.2, 0.25) is 0 Å². The van der Waals surface area contributed by atoms with Crippen LogP contribution in [0.1, 0.15) is 0 Å². The topological polar surface area (TPSA) is 43.9 Å². The van der Waals surface area contributed by atoms with E-state index in [9.17, 15) is 0 Å². The molecule has 3 aromatic heterocycles. The van der Waals surface area contributed by atoms with Crippen LogP contribution in [0.15, 0.2) is 144 Å². The number of furan rings is 1. The van der Waals surface area contributed by atoms with Gasteiger partial charge in [-0.15, -0.1) is 0 Å². The van der Waals surface area contributed by atoms with Gasteiger partial charge in [0.2, 0.25) is 5.95 Å². The molecule has 10 aromatic rings. The molecule has 4 nitrogen and oxygen atoms in total. The van der Waals surface area contributed by atoms with E-state index in [4.69, 9.17) is 14.4 Å². The highest BCUT2D eigenvalue weighted by Gasteiger charge is 2.20. The van der Waals surface area contributed by atoms with E-state index >= 15 is 0 Å². The highest BCUT2D eigenvalue weighted by molar-refractivity contribution is 6.23. The first-order chi connectivity index (χ1) is 21.8. The number of aromatic nitrogens is 3. The summed E-state index contributed by atoms with van der Waals surface area (Å²) in [6, 6.07) is 48.9. The van der Waals surface area contributed by atoms with Crippen LogP contribution in [0.5, 0.6) is 0 Å². The van der Waals surface area contributed by atoms with Gasteiger partial charge in [-0.3, -0.25) is 4.57 Å². The van der Waals surface area contributed by atoms with Crippen molar-refractivity contribution in [3.63, 3.8) is 0 Å². The number of nitrogens with zero attached hydrogens (tertiary/aromatic N) is 3. The SMILES string of the molecule is c1ccc2cc3c(cc2c1)c1ccccc1n3-c1nc(-c2cccc3ccc4oc5ccccc5c4c23)c2ccccc2n1. The first kappa shape index (κ1) is 23.6. The van der Waals surface area contributed by atoms with Crippen molar-refractivity contribution in [2.45, 2.75) is 0 Å². The second-order valence-corrected chi connectivity index (χ2v) is 11.4. The van der Waals surface area contributed by atoms with Crippen LogP contribution in [0.3, 0.4) is 0 Å². The fraction of sp³-hybridized carbons (Fsp3) is 0. The molecular weight excluding hydrogens is 538 g/mol. The zero-order chi connectivity index (χ0) is 28.8. The zero-order valence-corrected chi connectivity index (χ0v) is 23.5. The Balaban J connectivity index is 1.36. The van der Waals surface area contributed by atoms with Gasteiger partial charge in [0.15, 0.2) is 0 Å². The molecule has 7 aromatic carbocycles.